The van der Waals surface area contributed by atoms with Gasteiger partial charge >= 0.3 is 12.1 Å². The highest BCUT2D eigenvalue weighted by atomic mass is 16.6. The first-order valence-electron chi connectivity index (χ1n) is 7.13. The van der Waals surface area contributed by atoms with Gasteiger partial charge in [-0.25, -0.2) is 9.59 Å². The van der Waals surface area contributed by atoms with Gasteiger partial charge in [0.25, 0.3) is 5.91 Å². The summed E-state index contributed by atoms with van der Waals surface area (Å²) in [5.41, 5.74) is 0.295. The number of carbonyl (C=O) groups is 3. The molecule has 2 aromatic rings. The molecule has 7 nitrogen and oxygen atoms in total. The Kier molecular flexibility index (Phi) is 5.36. The molecule has 2 aromatic carbocycles. The smallest absolute Gasteiger partial charge is 0.413 e. The van der Waals surface area contributed by atoms with Crippen molar-refractivity contribution in [3.63, 3.8) is 0 Å². The normalized spacial score (nSPS) is 11.5. The number of fused-ring (bicyclic) bond motifs is 1. The Bertz CT molecular complexity index is 786. The number of imide groups is 1. The zero-order chi connectivity index (χ0) is 17.7. The van der Waals surface area contributed by atoms with Gasteiger partial charge in [-0.3, -0.25) is 10.1 Å². The number of carbonyl (C=O) groups excluding carboxylic acids is 3. The fraction of sp³-hybridized carbons (Fsp3) is 0.235. The summed E-state index contributed by atoms with van der Waals surface area (Å²) in [4.78, 5) is 35.1. The molecule has 0 saturated heterocycles. The minimum absolute atomic E-state index is 0.295. The lowest BCUT2D eigenvalue weighted by molar-refractivity contribution is -0.128. The fourth-order valence-electron chi connectivity index (χ4n) is 2.16. The van der Waals surface area contributed by atoms with E-state index in [1.807, 2.05) is 17.4 Å². The monoisotopic (exact) mass is 331 g/mol. The highest BCUT2D eigenvalue weighted by Gasteiger charge is 2.22. The summed E-state index contributed by atoms with van der Waals surface area (Å²) in [6, 6.07) is 10.4. The van der Waals surface area contributed by atoms with Gasteiger partial charge in [0, 0.05) is 5.39 Å². The average molecular weight is 331 g/mol. The maximum absolute atomic E-state index is 12.4. The van der Waals surface area contributed by atoms with Crippen LogP contribution in [0.1, 0.15) is 17.3 Å². The number of ether oxygens (including phenoxy) is 3. The van der Waals surface area contributed by atoms with Crippen molar-refractivity contribution in [3.8, 4) is 5.75 Å². The molecule has 0 bridgehead atoms. The summed E-state index contributed by atoms with van der Waals surface area (Å²) in [7, 11) is 2.67. The lowest BCUT2D eigenvalue weighted by Crippen LogP contribution is -2.39. The van der Waals surface area contributed by atoms with Gasteiger partial charge in [0.15, 0.2) is 6.10 Å². The Morgan fingerprint density at radius 2 is 1.67 bits per heavy atom. The number of esters is 1. The van der Waals surface area contributed by atoms with Crippen LogP contribution < -0.4 is 10.1 Å². The summed E-state index contributed by atoms with van der Waals surface area (Å²) in [5, 5.41) is 3.34. The maximum atomic E-state index is 12.4. The van der Waals surface area contributed by atoms with Crippen LogP contribution in [0.25, 0.3) is 10.8 Å². The number of alkyl carbamates (subject to hydrolysis) is 1. The van der Waals surface area contributed by atoms with E-state index in [1.165, 1.54) is 6.92 Å². The van der Waals surface area contributed by atoms with Crippen molar-refractivity contribution in [2.45, 2.75) is 13.0 Å². The topological polar surface area (TPSA) is 90.9 Å². The molecule has 7 heteroatoms. The molecule has 24 heavy (non-hydrogen) atoms. The predicted molar refractivity (Wildman–Crippen MR) is 85.9 cm³/mol. The second kappa shape index (κ2) is 7.45. The second-order valence-corrected chi connectivity index (χ2v) is 4.89. The molecular weight excluding hydrogens is 314 g/mol. The van der Waals surface area contributed by atoms with Crippen molar-refractivity contribution >= 4 is 28.7 Å². The first kappa shape index (κ1) is 17.3. The van der Waals surface area contributed by atoms with Crippen molar-refractivity contribution in [2.24, 2.45) is 0 Å². The molecule has 0 fully saturated rings. The minimum Gasteiger partial charge on any atom is -0.496 e. The van der Waals surface area contributed by atoms with Gasteiger partial charge in [-0.05, 0) is 24.4 Å². The molecule has 126 valence electrons. The van der Waals surface area contributed by atoms with Crippen molar-refractivity contribution in [1.82, 2.24) is 5.32 Å². The van der Waals surface area contributed by atoms with Gasteiger partial charge in [0.1, 0.15) is 5.75 Å². The number of methoxy groups -OCH3 is 2. The molecule has 2 rings (SSSR count). The molecule has 0 saturated carbocycles. The Hall–Kier alpha value is -3.09. The van der Waals surface area contributed by atoms with Crippen LogP contribution in [0.3, 0.4) is 0 Å². The van der Waals surface area contributed by atoms with E-state index in [9.17, 15) is 14.4 Å². The quantitative estimate of drug-likeness (QED) is 0.864. The van der Waals surface area contributed by atoms with Crippen LogP contribution in [0.5, 0.6) is 5.75 Å². The number of amides is 2. The third-order valence-electron chi connectivity index (χ3n) is 3.39. The highest BCUT2D eigenvalue weighted by molar-refractivity contribution is 6.07. The van der Waals surface area contributed by atoms with E-state index in [0.717, 1.165) is 12.5 Å². The number of nitrogens with one attached hydrogen (secondary N) is 1. The largest absolute Gasteiger partial charge is 0.496 e. The van der Waals surface area contributed by atoms with Gasteiger partial charge in [0.05, 0.1) is 19.8 Å². The van der Waals surface area contributed by atoms with Gasteiger partial charge in [0.2, 0.25) is 0 Å². The molecule has 0 aliphatic heterocycles. The Morgan fingerprint density at radius 1 is 1.00 bits per heavy atom. The van der Waals surface area contributed by atoms with Crippen LogP contribution in [0.2, 0.25) is 0 Å². The zero-order valence-corrected chi connectivity index (χ0v) is 13.5. The van der Waals surface area contributed by atoms with E-state index in [2.05, 4.69) is 4.74 Å². The maximum Gasteiger partial charge on any atom is 0.413 e. The van der Waals surface area contributed by atoms with E-state index < -0.39 is 24.1 Å². The second-order valence-electron chi connectivity index (χ2n) is 4.89. The SMILES string of the molecule is COC(=O)NC(=O)[C@@H](C)OC(=O)c1ccc(OC)c2ccccc12. The van der Waals surface area contributed by atoms with Crippen molar-refractivity contribution < 1.29 is 28.6 Å². The Labute approximate surface area is 138 Å². The lowest BCUT2D eigenvalue weighted by Gasteiger charge is -2.14. The van der Waals surface area contributed by atoms with Crippen LogP contribution in [0, 0.1) is 0 Å². The van der Waals surface area contributed by atoms with Gasteiger partial charge in [-0.15, -0.1) is 0 Å². The Morgan fingerprint density at radius 3 is 2.29 bits per heavy atom. The molecule has 2 amide bonds. The molecule has 0 unspecified atom stereocenters. The van der Waals surface area contributed by atoms with E-state index in [-0.39, 0.29) is 0 Å². The molecular formula is C17H17NO6. The number of hydrogen-bond donors (Lipinski definition) is 1. The Balaban J connectivity index is 2.23. The molecule has 0 radical (unpaired) electrons. The molecule has 0 spiro atoms. The summed E-state index contributed by atoms with van der Waals surface area (Å²) < 4.78 is 14.7. The minimum atomic E-state index is -1.16. The summed E-state index contributed by atoms with van der Waals surface area (Å²) in [5.74, 6) is -0.826. The third-order valence-corrected chi connectivity index (χ3v) is 3.39. The van der Waals surface area contributed by atoms with Crippen molar-refractivity contribution in [3.05, 3.63) is 42.0 Å². The molecule has 0 aliphatic rings. The van der Waals surface area contributed by atoms with Crippen LogP contribution in [0.4, 0.5) is 4.79 Å². The van der Waals surface area contributed by atoms with E-state index in [1.54, 1.807) is 31.4 Å². The number of hydrogen-bond acceptors (Lipinski definition) is 6. The standard InChI is InChI=1S/C17H17NO6/c1-10(15(19)18-17(21)23-3)24-16(20)13-8-9-14(22-2)12-7-5-4-6-11(12)13/h4-10H,1-3H3,(H,18,19,21)/t10-/m1/s1. The molecule has 1 N–H and O–H groups in total. The van der Waals surface area contributed by atoms with Crippen molar-refractivity contribution in [2.75, 3.05) is 14.2 Å². The molecule has 0 aromatic heterocycles. The molecule has 0 heterocycles. The summed E-state index contributed by atoms with van der Waals surface area (Å²) >= 11 is 0. The van der Waals surface area contributed by atoms with E-state index in [0.29, 0.717) is 16.7 Å². The van der Waals surface area contributed by atoms with Crippen LogP contribution in [-0.4, -0.2) is 38.3 Å². The average Bonchev–Trinajstić information content (AvgIpc) is 2.60. The molecule has 1 atom stereocenters. The summed E-state index contributed by atoms with van der Waals surface area (Å²) in [6.07, 6.45) is -2.07. The van der Waals surface area contributed by atoms with Gasteiger partial charge in [-0.1, -0.05) is 24.3 Å². The first-order chi connectivity index (χ1) is 11.5. The lowest BCUT2D eigenvalue weighted by atomic mass is 10.0. The predicted octanol–water partition coefficient (Wildman–Crippen LogP) is 2.28. The third kappa shape index (κ3) is 3.62. The van der Waals surface area contributed by atoms with Crippen LogP contribution >= 0.6 is 0 Å². The number of rotatable bonds is 4. The van der Waals surface area contributed by atoms with E-state index in [4.69, 9.17) is 9.47 Å². The van der Waals surface area contributed by atoms with Crippen LogP contribution in [-0.2, 0) is 14.3 Å². The number of benzene rings is 2. The molecule has 0 aliphatic carbocycles. The van der Waals surface area contributed by atoms with Crippen molar-refractivity contribution in [1.29, 1.82) is 0 Å². The van der Waals surface area contributed by atoms with Gasteiger partial charge < -0.3 is 14.2 Å². The van der Waals surface area contributed by atoms with Gasteiger partial charge in [-0.2, -0.15) is 0 Å². The first-order valence-corrected chi connectivity index (χ1v) is 7.13. The van der Waals surface area contributed by atoms with E-state index >= 15 is 0 Å². The van der Waals surface area contributed by atoms with Crippen LogP contribution in [0.15, 0.2) is 36.4 Å². The zero-order valence-electron chi connectivity index (χ0n) is 13.5. The fourth-order valence-corrected chi connectivity index (χ4v) is 2.16. The highest BCUT2D eigenvalue weighted by Crippen LogP contribution is 2.28. The summed E-state index contributed by atoms with van der Waals surface area (Å²) in [6.45, 7) is 1.36.